The normalized spacial score (nSPS) is 18.7. The largest absolute Gasteiger partial charge is 0.344 e. The predicted octanol–water partition coefficient (Wildman–Crippen LogP) is 2.79. The van der Waals surface area contributed by atoms with Crippen LogP contribution in [0.3, 0.4) is 0 Å². The van der Waals surface area contributed by atoms with E-state index in [-0.39, 0.29) is 11.7 Å². The Bertz CT molecular complexity index is 796. The first kappa shape index (κ1) is 20.2. The Labute approximate surface area is 175 Å². The number of carbonyl (C=O) groups is 1. The van der Waals surface area contributed by atoms with Crippen molar-refractivity contribution in [2.75, 3.05) is 50.7 Å². The van der Waals surface area contributed by atoms with Gasteiger partial charge >= 0.3 is 0 Å². The van der Waals surface area contributed by atoms with Gasteiger partial charge in [0.05, 0.1) is 6.54 Å². The monoisotopic (exact) mass is 417 g/mol. The summed E-state index contributed by atoms with van der Waals surface area (Å²) in [4.78, 5) is 19.1. The minimum Gasteiger partial charge on any atom is -0.344 e. The second-order valence-electron chi connectivity index (χ2n) is 7.84. The van der Waals surface area contributed by atoms with E-state index in [1.807, 2.05) is 4.90 Å². The number of anilines is 1. The number of benzene rings is 1. The third-order valence-corrected chi connectivity index (χ3v) is 6.67. The van der Waals surface area contributed by atoms with Crippen LogP contribution in [0, 0.1) is 5.82 Å². The van der Waals surface area contributed by atoms with E-state index in [0.717, 1.165) is 67.8 Å². The van der Waals surface area contributed by atoms with Gasteiger partial charge in [0.25, 0.3) is 0 Å². The van der Waals surface area contributed by atoms with Crippen molar-refractivity contribution < 1.29 is 9.18 Å². The number of carbonyl (C=O) groups excluding carboxylic acids is 1. The van der Waals surface area contributed by atoms with Gasteiger partial charge in [-0.2, -0.15) is 0 Å². The van der Waals surface area contributed by atoms with E-state index in [9.17, 15) is 9.18 Å². The third kappa shape index (κ3) is 5.51. The molecular weight excluding hydrogens is 389 g/mol. The van der Waals surface area contributed by atoms with Crippen LogP contribution in [0.4, 0.5) is 9.52 Å². The Hall–Kier alpha value is -2.06. The van der Waals surface area contributed by atoms with E-state index in [4.69, 9.17) is 0 Å². The molecule has 0 atom stereocenters. The lowest BCUT2D eigenvalue weighted by atomic mass is 10.2. The van der Waals surface area contributed by atoms with Crippen LogP contribution in [0.2, 0.25) is 0 Å². The van der Waals surface area contributed by atoms with Gasteiger partial charge in [-0.3, -0.25) is 9.69 Å². The van der Waals surface area contributed by atoms with Gasteiger partial charge in [-0.1, -0.05) is 36.3 Å². The highest BCUT2D eigenvalue weighted by molar-refractivity contribution is 7.15. The summed E-state index contributed by atoms with van der Waals surface area (Å²) in [6, 6.07) is 6.53. The van der Waals surface area contributed by atoms with E-state index < -0.39 is 0 Å². The molecule has 1 aromatic heterocycles. The molecule has 2 fully saturated rings. The fraction of sp³-hybridized carbons (Fsp3) is 0.571. The predicted molar refractivity (Wildman–Crippen MR) is 113 cm³/mol. The first-order chi connectivity index (χ1) is 14.2. The average Bonchev–Trinajstić information content (AvgIpc) is 3.02. The molecule has 8 heteroatoms. The summed E-state index contributed by atoms with van der Waals surface area (Å²) in [6.45, 7) is 5.82. The number of rotatable bonds is 5. The Morgan fingerprint density at radius 1 is 0.931 bits per heavy atom. The molecule has 4 rings (SSSR count). The molecule has 0 radical (unpaired) electrons. The van der Waals surface area contributed by atoms with Crippen molar-refractivity contribution in [1.29, 1.82) is 0 Å². The second-order valence-corrected chi connectivity index (χ2v) is 8.88. The van der Waals surface area contributed by atoms with Crippen LogP contribution in [0.5, 0.6) is 0 Å². The lowest BCUT2D eigenvalue weighted by Crippen LogP contribution is -2.50. The summed E-state index contributed by atoms with van der Waals surface area (Å²) in [7, 11) is 0. The molecule has 0 spiro atoms. The number of nitrogens with zero attached hydrogens (tertiary/aromatic N) is 5. The fourth-order valence-corrected chi connectivity index (χ4v) is 4.85. The number of hydrogen-bond acceptors (Lipinski definition) is 6. The van der Waals surface area contributed by atoms with Crippen LogP contribution in [-0.2, 0) is 11.2 Å². The summed E-state index contributed by atoms with van der Waals surface area (Å²) < 4.78 is 13.0. The zero-order chi connectivity index (χ0) is 20.1. The summed E-state index contributed by atoms with van der Waals surface area (Å²) in [6.07, 6.45) is 5.43. The van der Waals surface area contributed by atoms with Gasteiger partial charge in [-0.05, 0) is 30.5 Å². The Kier molecular flexibility index (Phi) is 6.71. The molecule has 1 aromatic carbocycles. The number of hydrogen-bond donors (Lipinski definition) is 0. The highest BCUT2D eigenvalue weighted by Crippen LogP contribution is 2.23. The van der Waals surface area contributed by atoms with Gasteiger partial charge in [0.2, 0.25) is 11.0 Å². The number of piperazine rings is 1. The van der Waals surface area contributed by atoms with Gasteiger partial charge in [-0.25, -0.2) is 4.39 Å². The van der Waals surface area contributed by atoms with Crippen LogP contribution in [0.25, 0.3) is 0 Å². The van der Waals surface area contributed by atoms with Crippen LogP contribution < -0.4 is 4.90 Å². The highest BCUT2D eigenvalue weighted by atomic mass is 32.1. The minimum atomic E-state index is -0.223. The Morgan fingerprint density at radius 2 is 1.62 bits per heavy atom. The number of amides is 1. The molecule has 2 aromatic rings. The van der Waals surface area contributed by atoms with Gasteiger partial charge in [0.15, 0.2) is 0 Å². The van der Waals surface area contributed by atoms with Crippen molar-refractivity contribution in [1.82, 2.24) is 20.0 Å². The highest BCUT2D eigenvalue weighted by Gasteiger charge is 2.24. The Morgan fingerprint density at radius 3 is 2.31 bits per heavy atom. The van der Waals surface area contributed by atoms with Gasteiger partial charge < -0.3 is 9.80 Å². The molecule has 2 saturated heterocycles. The molecule has 0 N–H and O–H groups in total. The molecule has 3 heterocycles. The third-order valence-electron chi connectivity index (χ3n) is 5.69. The van der Waals surface area contributed by atoms with Crippen LogP contribution in [-0.4, -0.2) is 71.7 Å². The van der Waals surface area contributed by atoms with Crippen molar-refractivity contribution in [3.8, 4) is 0 Å². The van der Waals surface area contributed by atoms with Crippen molar-refractivity contribution in [2.45, 2.75) is 32.1 Å². The van der Waals surface area contributed by atoms with Gasteiger partial charge in [0.1, 0.15) is 10.8 Å². The number of likely N-dealkylation sites (tertiary alicyclic amines) is 1. The molecule has 156 valence electrons. The lowest BCUT2D eigenvalue weighted by molar-refractivity contribution is -0.132. The van der Waals surface area contributed by atoms with Crippen molar-refractivity contribution in [3.63, 3.8) is 0 Å². The maximum atomic E-state index is 13.0. The number of aromatic nitrogens is 2. The quantitative estimate of drug-likeness (QED) is 0.749. The zero-order valence-corrected chi connectivity index (χ0v) is 17.5. The number of halogens is 1. The molecular formula is C21H28FN5OS. The minimum absolute atomic E-state index is 0.223. The Balaban J connectivity index is 1.25. The van der Waals surface area contributed by atoms with E-state index >= 15 is 0 Å². The van der Waals surface area contributed by atoms with E-state index in [1.54, 1.807) is 23.5 Å². The van der Waals surface area contributed by atoms with Crippen LogP contribution >= 0.6 is 11.3 Å². The molecule has 1 amide bonds. The smallest absolute Gasteiger partial charge is 0.236 e. The maximum Gasteiger partial charge on any atom is 0.236 e. The molecule has 0 aliphatic carbocycles. The first-order valence-corrected chi connectivity index (χ1v) is 11.3. The summed E-state index contributed by atoms with van der Waals surface area (Å²) >= 11 is 1.59. The standard InChI is InChI=1S/C21H28FN5OS/c22-18-7-5-17(6-8-18)15-19-23-24-21(29-19)27-13-11-25(12-14-27)16-20(28)26-9-3-1-2-4-10-26/h5-8H,1-4,9-16H2. The van der Waals surface area contributed by atoms with E-state index in [0.29, 0.717) is 13.0 Å². The molecule has 0 bridgehead atoms. The van der Waals surface area contributed by atoms with Crippen molar-refractivity contribution >= 4 is 22.4 Å². The lowest BCUT2D eigenvalue weighted by Gasteiger charge is -2.35. The summed E-state index contributed by atoms with van der Waals surface area (Å²) in [5.74, 6) is 0.0525. The topological polar surface area (TPSA) is 52.6 Å². The molecule has 2 aliphatic heterocycles. The van der Waals surface area contributed by atoms with Crippen molar-refractivity contribution in [3.05, 3.63) is 40.7 Å². The second kappa shape index (κ2) is 9.63. The van der Waals surface area contributed by atoms with E-state index in [2.05, 4.69) is 20.0 Å². The fourth-order valence-electron chi connectivity index (χ4n) is 3.93. The summed E-state index contributed by atoms with van der Waals surface area (Å²) in [5.41, 5.74) is 1.03. The van der Waals surface area contributed by atoms with Gasteiger partial charge in [0, 0.05) is 45.7 Å². The van der Waals surface area contributed by atoms with Crippen molar-refractivity contribution in [2.24, 2.45) is 0 Å². The zero-order valence-electron chi connectivity index (χ0n) is 16.7. The van der Waals surface area contributed by atoms with E-state index in [1.165, 1.54) is 25.0 Å². The molecule has 6 nitrogen and oxygen atoms in total. The van der Waals surface area contributed by atoms with Gasteiger partial charge in [-0.15, -0.1) is 10.2 Å². The first-order valence-electron chi connectivity index (χ1n) is 10.5. The molecule has 0 unspecified atom stereocenters. The average molecular weight is 418 g/mol. The SMILES string of the molecule is O=C(CN1CCN(c2nnc(Cc3ccc(F)cc3)s2)CC1)N1CCCCCC1. The summed E-state index contributed by atoms with van der Waals surface area (Å²) in [5, 5.41) is 10.5. The molecule has 0 saturated carbocycles. The van der Waals surface area contributed by atoms with Crippen LogP contribution in [0.1, 0.15) is 36.3 Å². The van der Waals surface area contributed by atoms with Crippen LogP contribution in [0.15, 0.2) is 24.3 Å². The molecule has 29 heavy (non-hydrogen) atoms. The molecule has 2 aliphatic rings. The maximum absolute atomic E-state index is 13.0.